The topological polar surface area (TPSA) is 98.7 Å². The summed E-state index contributed by atoms with van der Waals surface area (Å²) in [5.74, 6) is -1.71. The molecule has 33 heavy (non-hydrogen) atoms. The maximum atomic E-state index is 13.8. The van der Waals surface area contributed by atoms with E-state index in [-0.39, 0.29) is 24.3 Å². The first-order chi connectivity index (χ1) is 15.8. The van der Waals surface area contributed by atoms with E-state index in [0.717, 1.165) is 17.2 Å². The lowest BCUT2D eigenvalue weighted by Crippen LogP contribution is -2.54. The van der Waals surface area contributed by atoms with E-state index < -0.39 is 33.4 Å². The lowest BCUT2D eigenvalue weighted by atomic mass is 9.66. The maximum Gasteiger partial charge on any atom is 0.248 e. The van der Waals surface area contributed by atoms with Gasteiger partial charge in [0.15, 0.2) is 0 Å². The second-order valence-electron chi connectivity index (χ2n) is 9.67. The number of hydrogen-bond donors (Lipinski definition) is 3. The van der Waals surface area contributed by atoms with Gasteiger partial charge in [-0.3, -0.25) is 14.4 Å². The summed E-state index contributed by atoms with van der Waals surface area (Å²) in [6, 6.07) is 12.4. The quantitative estimate of drug-likeness (QED) is 0.627. The Morgan fingerprint density at radius 3 is 2.61 bits per heavy atom. The monoisotopic (exact) mass is 467 g/mol. The summed E-state index contributed by atoms with van der Waals surface area (Å²) in [6.07, 6.45) is 1.45. The van der Waals surface area contributed by atoms with Gasteiger partial charge in [0, 0.05) is 17.5 Å². The first-order valence-electron chi connectivity index (χ1n) is 11.4. The number of nitrogens with one attached hydrogen (secondary N) is 2. The summed E-state index contributed by atoms with van der Waals surface area (Å²) in [5.41, 5.74) is 0.661. The highest BCUT2D eigenvalue weighted by Crippen LogP contribution is 2.71. The fourth-order valence-corrected chi connectivity index (χ4v) is 8.60. The van der Waals surface area contributed by atoms with E-state index in [9.17, 15) is 19.5 Å². The van der Waals surface area contributed by atoms with Crippen LogP contribution in [0.5, 0.6) is 0 Å². The third-order valence-electron chi connectivity index (χ3n) is 7.75. The Hall–Kier alpha value is -2.58. The molecule has 0 aromatic heterocycles. The van der Waals surface area contributed by atoms with Crippen molar-refractivity contribution in [2.45, 2.75) is 48.3 Å². The van der Waals surface area contributed by atoms with Gasteiger partial charge >= 0.3 is 0 Å². The van der Waals surface area contributed by atoms with Gasteiger partial charge in [0.05, 0.1) is 29.2 Å². The molecule has 2 unspecified atom stereocenters. The minimum atomic E-state index is -0.759. The number of anilines is 1. The van der Waals surface area contributed by atoms with Crippen molar-refractivity contribution in [2.24, 2.45) is 11.8 Å². The molecule has 3 amide bonds. The molecule has 2 aromatic carbocycles. The van der Waals surface area contributed by atoms with Crippen molar-refractivity contribution in [1.29, 1.82) is 0 Å². The van der Waals surface area contributed by atoms with Crippen LogP contribution in [0.1, 0.15) is 26.7 Å². The number of rotatable bonds is 5. The number of hydrogen-bond acceptors (Lipinski definition) is 5. The lowest BCUT2D eigenvalue weighted by Gasteiger charge is -2.35. The zero-order valence-electron chi connectivity index (χ0n) is 19.0. The van der Waals surface area contributed by atoms with Crippen LogP contribution in [-0.2, 0) is 14.4 Å². The van der Waals surface area contributed by atoms with E-state index >= 15 is 0 Å². The molecular weight excluding hydrogens is 438 g/mol. The number of thioether (sulfide) groups is 1. The molecule has 1 spiro atoms. The molecule has 174 valence electrons. The van der Waals surface area contributed by atoms with Gasteiger partial charge in [-0.15, -0.1) is 11.8 Å². The van der Waals surface area contributed by atoms with Crippen molar-refractivity contribution in [3.8, 4) is 0 Å². The van der Waals surface area contributed by atoms with Gasteiger partial charge in [-0.2, -0.15) is 0 Å². The number of carbonyl (C=O) groups excluding carboxylic acids is 3. The summed E-state index contributed by atoms with van der Waals surface area (Å²) in [6.45, 7) is 3.54. The summed E-state index contributed by atoms with van der Waals surface area (Å²) in [7, 11) is 1.59. The Balaban J connectivity index is 1.54. The molecular formula is C25H29N3O4S. The molecule has 5 rings (SSSR count). The summed E-state index contributed by atoms with van der Waals surface area (Å²) in [5, 5.41) is 17.8. The summed E-state index contributed by atoms with van der Waals surface area (Å²) >= 11 is 1.62. The molecule has 3 fully saturated rings. The molecule has 7 nitrogen and oxygen atoms in total. The zero-order chi connectivity index (χ0) is 23.5. The predicted molar refractivity (Wildman–Crippen MR) is 129 cm³/mol. The number of amides is 3. The van der Waals surface area contributed by atoms with Gasteiger partial charge in [-0.05, 0) is 49.6 Å². The van der Waals surface area contributed by atoms with E-state index in [4.69, 9.17) is 0 Å². The Morgan fingerprint density at radius 2 is 1.91 bits per heavy atom. The molecule has 3 saturated heterocycles. The van der Waals surface area contributed by atoms with Crippen LogP contribution in [0, 0.1) is 11.8 Å². The standard InChI is InChI=1S/C25H29N3O4S/c1-14(13-29)28-20(22(31)27-17-9-8-15-6-4-5-7-16(15)12-17)25-11-10-24(2,33-25)18(21(30)26-3)19(25)23(28)32/h4-9,12,14,18-20,29H,10-11,13H2,1-3H3,(H,26,30)(H,27,31)/t14-,18+,19+,20?,24-,25?/m1/s1. The van der Waals surface area contributed by atoms with Crippen molar-refractivity contribution in [3.05, 3.63) is 42.5 Å². The summed E-state index contributed by atoms with van der Waals surface area (Å²) in [4.78, 5) is 42.0. The van der Waals surface area contributed by atoms with E-state index in [1.54, 1.807) is 25.7 Å². The second-order valence-corrected chi connectivity index (χ2v) is 11.6. The maximum absolute atomic E-state index is 13.8. The number of carbonyl (C=O) groups is 3. The van der Waals surface area contributed by atoms with Crippen LogP contribution in [0.3, 0.4) is 0 Å². The second kappa shape index (κ2) is 7.74. The van der Waals surface area contributed by atoms with Gasteiger partial charge < -0.3 is 20.6 Å². The molecule has 8 heteroatoms. The lowest BCUT2D eigenvalue weighted by molar-refractivity contribution is -0.142. The zero-order valence-corrected chi connectivity index (χ0v) is 19.8. The van der Waals surface area contributed by atoms with Crippen LogP contribution >= 0.6 is 11.8 Å². The van der Waals surface area contributed by atoms with Crippen LogP contribution in [0.4, 0.5) is 5.69 Å². The number of nitrogens with zero attached hydrogens (tertiary/aromatic N) is 1. The number of likely N-dealkylation sites (tertiary alicyclic amines) is 1. The van der Waals surface area contributed by atoms with E-state index in [1.807, 2.05) is 49.4 Å². The first-order valence-corrected chi connectivity index (χ1v) is 12.2. The van der Waals surface area contributed by atoms with Crippen molar-refractivity contribution in [1.82, 2.24) is 10.2 Å². The molecule has 3 aliphatic heterocycles. The van der Waals surface area contributed by atoms with Gasteiger partial charge in [-0.25, -0.2) is 0 Å². The van der Waals surface area contributed by atoms with Crippen LogP contribution in [0.25, 0.3) is 10.8 Å². The number of fused-ring (bicyclic) bond motifs is 2. The van der Waals surface area contributed by atoms with Crippen molar-refractivity contribution < 1.29 is 19.5 Å². The van der Waals surface area contributed by atoms with Crippen molar-refractivity contribution in [3.63, 3.8) is 0 Å². The number of aliphatic hydroxyl groups is 1. The van der Waals surface area contributed by atoms with E-state index in [1.165, 1.54) is 4.90 Å². The average molecular weight is 468 g/mol. The minimum Gasteiger partial charge on any atom is -0.394 e. The Bertz CT molecular complexity index is 1160. The third kappa shape index (κ3) is 3.10. The molecule has 0 aliphatic carbocycles. The number of aliphatic hydroxyl groups excluding tert-OH is 1. The highest BCUT2D eigenvalue weighted by molar-refractivity contribution is 8.02. The van der Waals surface area contributed by atoms with Gasteiger partial charge in [-0.1, -0.05) is 30.3 Å². The average Bonchev–Trinajstić information content (AvgIpc) is 3.38. The van der Waals surface area contributed by atoms with Crippen LogP contribution in [0.2, 0.25) is 0 Å². The molecule has 6 atom stereocenters. The Kier molecular flexibility index (Phi) is 5.21. The van der Waals surface area contributed by atoms with Crippen molar-refractivity contribution >= 4 is 45.9 Å². The third-order valence-corrected chi connectivity index (χ3v) is 9.73. The molecule has 3 heterocycles. The molecule has 3 N–H and O–H groups in total. The fourth-order valence-electron chi connectivity index (χ4n) is 6.26. The van der Waals surface area contributed by atoms with Gasteiger partial charge in [0.25, 0.3) is 0 Å². The smallest absolute Gasteiger partial charge is 0.248 e. The predicted octanol–water partition coefficient (Wildman–Crippen LogP) is 2.39. The fraction of sp³-hybridized carbons (Fsp3) is 0.480. The normalized spacial score (nSPS) is 33.3. The molecule has 0 radical (unpaired) electrons. The molecule has 2 aromatic rings. The van der Waals surface area contributed by atoms with Crippen LogP contribution in [-0.4, -0.2) is 63.0 Å². The first kappa shape index (κ1) is 22.2. The highest BCUT2D eigenvalue weighted by Gasteiger charge is 2.77. The summed E-state index contributed by atoms with van der Waals surface area (Å²) < 4.78 is -1.08. The highest BCUT2D eigenvalue weighted by atomic mass is 32.2. The minimum absolute atomic E-state index is 0.155. The van der Waals surface area contributed by atoms with Gasteiger partial charge in [0.1, 0.15) is 6.04 Å². The number of benzene rings is 2. The van der Waals surface area contributed by atoms with Crippen LogP contribution < -0.4 is 10.6 Å². The largest absolute Gasteiger partial charge is 0.394 e. The Morgan fingerprint density at radius 1 is 1.18 bits per heavy atom. The Labute approximate surface area is 197 Å². The SMILES string of the molecule is CNC(=O)[C@@H]1[C@H]2C(=O)N([C@H](C)CO)C(C(=O)Nc3ccc4ccccc4c3)C23CC[C@@]1(C)S3. The molecule has 2 bridgehead atoms. The van der Waals surface area contributed by atoms with Crippen LogP contribution in [0.15, 0.2) is 42.5 Å². The van der Waals surface area contributed by atoms with E-state index in [0.29, 0.717) is 12.1 Å². The molecule has 0 saturated carbocycles. The van der Waals surface area contributed by atoms with Gasteiger partial charge in [0.2, 0.25) is 17.7 Å². The van der Waals surface area contributed by atoms with E-state index in [2.05, 4.69) is 10.6 Å². The van der Waals surface area contributed by atoms with Crippen molar-refractivity contribution in [2.75, 3.05) is 19.0 Å². The molecule has 3 aliphatic rings.